The molecule has 104 valence electrons. The smallest absolute Gasteiger partial charge is 0.131 e. The number of nitrogens with one attached hydrogen (secondary N) is 1. The number of hydrogen-bond acceptors (Lipinski definition) is 2. The second kappa shape index (κ2) is 6.71. The molecule has 0 aliphatic heterocycles. The average Bonchev–Trinajstić information content (AvgIpc) is 2.91. The van der Waals surface area contributed by atoms with Crippen molar-refractivity contribution in [2.45, 2.75) is 38.6 Å². The predicted molar refractivity (Wildman–Crippen MR) is 75.9 cm³/mol. The molecular weight excluding hydrogens is 241 g/mol. The predicted octanol–water partition coefficient (Wildman–Crippen LogP) is 3.99. The Morgan fingerprint density at radius 1 is 1.42 bits per heavy atom. The lowest BCUT2D eigenvalue weighted by atomic mass is 10.1. The topological polar surface area (TPSA) is 21.3 Å². The van der Waals surface area contributed by atoms with Gasteiger partial charge in [-0.3, -0.25) is 0 Å². The molecule has 0 saturated heterocycles. The summed E-state index contributed by atoms with van der Waals surface area (Å²) in [7, 11) is 1.58. The Balaban J connectivity index is 1.93. The lowest BCUT2D eigenvalue weighted by molar-refractivity contribution is 0.394. The van der Waals surface area contributed by atoms with Gasteiger partial charge in [0.25, 0.3) is 0 Å². The van der Waals surface area contributed by atoms with Gasteiger partial charge in [0.1, 0.15) is 11.6 Å². The summed E-state index contributed by atoms with van der Waals surface area (Å²) >= 11 is 0. The van der Waals surface area contributed by atoms with Crippen molar-refractivity contribution >= 4 is 0 Å². The molecule has 1 unspecified atom stereocenters. The Bertz CT molecular complexity index is 456. The van der Waals surface area contributed by atoms with Gasteiger partial charge < -0.3 is 10.1 Å². The summed E-state index contributed by atoms with van der Waals surface area (Å²) in [6.45, 7) is 2.86. The van der Waals surface area contributed by atoms with Crippen molar-refractivity contribution in [2.75, 3.05) is 13.7 Å². The van der Waals surface area contributed by atoms with Crippen LogP contribution in [0.3, 0.4) is 0 Å². The third kappa shape index (κ3) is 3.57. The van der Waals surface area contributed by atoms with E-state index in [4.69, 9.17) is 4.74 Å². The van der Waals surface area contributed by atoms with Gasteiger partial charge in [-0.05, 0) is 51.3 Å². The Labute approximate surface area is 114 Å². The van der Waals surface area contributed by atoms with Gasteiger partial charge in [-0.15, -0.1) is 0 Å². The molecule has 0 saturated carbocycles. The summed E-state index contributed by atoms with van der Waals surface area (Å²) in [5.41, 5.74) is 2.14. The molecule has 0 bridgehead atoms. The van der Waals surface area contributed by atoms with E-state index < -0.39 is 0 Å². The largest absolute Gasteiger partial charge is 0.496 e. The minimum atomic E-state index is -0.209. The van der Waals surface area contributed by atoms with Gasteiger partial charge in [-0.2, -0.15) is 0 Å². The van der Waals surface area contributed by atoms with Crippen LogP contribution in [0.2, 0.25) is 0 Å². The Hall–Kier alpha value is -1.35. The van der Waals surface area contributed by atoms with Gasteiger partial charge in [-0.1, -0.05) is 17.7 Å². The van der Waals surface area contributed by atoms with Crippen molar-refractivity contribution in [3.05, 3.63) is 41.2 Å². The second-order valence-electron chi connectivity index (χ2n) is 5.04. The molecule has 0 amide bonds. The monoisotopic (exact) mass is 263 g/mol. The minimum absolute atomic E-state index is 0.0434. The number of rotatable bonds is 6. The first-order valence-corrected chi connectivity index (χ1v) is 6.96. The van der Waals surface area contributed by atoms with Gasteiger partial charge in [0.15, 0.2) is 0 Å². The summed E-state index contributed by atoms with van der Waals surface area (Å²) in [5, 5.41) is 3.38. The maximum absolute atomic E-state index is 13.9. The molecule has 0 radical (unpaired) electrons. The van der Waals surface area contributed by atoms with Crippen molar-refractivity contribution in [2.24, 2.45) is 0 Å². The van der Waals surface area contributed by atoms with Crippen molar-refractivity contribution < 1.29 is 9.13 Å². The molecule has 1 aliphatic carbocycles. The molecule has 1 aromatic carbocycles. The molecule has 2 nitrogen and oxygen atoms in total. The first-order valence-electron chi connectivity index (χ1n) is 6.96. The third-order valence-corrected chi connectivity index (χ3v) is 3.70. The van der Waals surface area contributed by atoms with Crippen LogP contribution >= 0.6 is 0 Å². The van der Waals surface area contributed by atoms with Crippen LogP contribution in [0.25, 0.3) is 0 Å². The van der Waals surface area contributed by atoms with Crippen LogP contribution in [-0.2, 0) is 0 Å². The molecule has 0 spiro atoms. The van der Waals surface area contributed by atoms with E-state index in [1.54, 1.807) is 19.2 Å². The molecule has 0 aromatic heterocycles. The van der Waals surface area contributed by atoms with Gasteiger partial charge in [0, 0.05) is 11.6 Å². The lowest BCUT2D eigenvalue weighted by Gasteiger charge is -2.18. The summed E-state index contributed by atoms with van der Waals surface area (Å²) in [5.74, 6) is 0.402. The number of hydrogen-bond donors (Lipinski definition) is 1. The molecule has 0 heterocycles. The molecule has 1 N–H and O–H groups in total. The van der Waals surface area contributed by atoms with Crippen molar-refractivity contribution in [1.82, 2.24) is 5.32 Å². The standard InChI is InChI=1S/C16H22FNO/c1-12(18-11-10-13-6-3-4-7-13)16-14(17)8-5-9-15(16)19-2/h5-6,8-9,12,18H,3-4,7,10-11H2,1-2H3. The quantitative estimate of drug-likeness (QED) is 0.784. The van der Waals surface area contributed by atoms with E-state index in [0.717, 1.165) is 13.0 Å². The van der Waals surface area contributed by atoms with Crippen LogP contribution in [0, 0.1) is 5.82 Å². The van der Waals surface area contributed by atoms with E-state index >= 15 is 0 Å². The highest BCUT2D eigenvalue weighted by atomic mass is 19.1. The van der Waals surface area contributed by atoms with Crippen molar-refractivity contribution in [3.63, 3.8) is 0 Å². The zero-order valence-electron chi connectivity index (χ0n) is 11.7. The van der Waals surface area contributed by atoms with E-state index in [-0.39, 0.29) is 11.9 Å². The van der Waals surface area contributed by atoms with E-state index in [0.29, 0.717) is 11.3 Å². The molecule has 3 heteroatoms. The van der Waals surface area contributed by atoms with Gasteiger partial charge in [0.05, 0.1) is 7.11 Å². The highest BCUT2D eigenvalue weighted by molar-refractivity contribution is 5.36. The minimum Gasteiger partial charge on any atom is -0.496 e. The third-order valence-electron chi connectivity index (χ3n) is 3.70. The summed E-state index contributed by atoms with van der Waals surface area (Å²) in [4.78, 5) is 0. The molecule has 1 aliphatic rings. The Morgan fingerprint density at radius 2 is 2.26 bits per heavy atom. The molecule has 2 rings (SSSR count). The summed E-state index contributed by atoms with van der Waals surface area (Å²) in [6.07, 6.45) is 7.11. The van der Waals surface area contributed by atoms with Crippen LogP contribution in [0.4, 0.5) is 4.39 Å². The van der Waals surface area contributed by atoms with Gasteiger partial charge in [0.2, 0.25) is 0 Å². The zero-order chi connectivity index (χ0) is 13.7. The molecule has 1 atom stereocenters. The molecule has 1 aromatic rings. The number of benzene rings is 1. The Kier molecular flexibility index (Phi) is 4.97. The lowest BCUT2D eigenvalue weighted by Crippen LogP contribution is -2.21. The zero-order valence-corrected chi connectivity index (χ0v) is 11.7. The summed E-state index contributed by atoms with van der Waals surface area (Å²) < 4.78 is 19.1. The highest BCUT2D eigenvalue weighted by Crippen LogP contribution is 2.28. The van der Waals surface area contributed by atoms with E-state index in [1.807, 2.05) is 6.92 Å². The first-order chi connectivity index (χ1) is 9.22. The SMILES string of the molecule is COc1cccc(F)c1C(C)NCCC1=CCCC1. The average molecular weight is 263 g/mol. The van der Waals surface area contributed by atoms with Crippen molar-refractivity contribution in [3.8, 4) is 5.75 Å². The van der Waals surface area contributed by atoms with E-state index in [9.17, 15) is 4.39 Å². The van der Waals surface area contributed by atoms with Crippen LogP contribution in [0.1, 0.15) is 44.2 Å². The number of methoxy groups -OCH3 is 1. The fourth-order valence-electron chi connectivity index (χ4n) is 2.63. The van der Waals surface area contributed by atoms with Crippen LogP contribution in [-0.4, -0.2) is 13.7 Å². The Morgan fingerprint density at radius 3 is 2.95 bits per heavy atom. The fraction of sp³-hybridized carbons (Fsp3) is 0.500. The number of ether oxygens (including phenoxy) is 1. The van der Waals surface area contributed by atoms with Crippen LogP contribution < -0.4 is 10.1 Å². The summed E-state index contributed by atoms with van der Waals surface area (Å²) in [6, 6.07) is 4.91. The second-order valence-corrected chi connectivity index (χ2v) is 5.04. The molecular formula is C16H22FNO. The maximum atomic E-state index is 13.9. The van der Waals surface area contributed by atoms with Gasteiger partial charge in [-0.25, -0.2) is 4.39 Å². The fourth-order valence-corrected chi connectivity index (χ4v) is 2.63. The highest BCUT2D eigenvalue weighted by Gasteiger charge is 2.16. The van der Waals surface area contributed by atoms with Crippen molar-refractivity contribution in [1.29, 1.82) is 0 Å². The number of allylic oxidation sites excluding steroid dienone is 1. The first kappa shape index (κ1) is 14.1. The number of halogens is 1. The van der Waals surface area contributed by atoms with Gasteiger partial charge >= 0.3 is 0 Å². The maximum Gasteiger partial charge on any atom is 0.131 e. The normalized spacial score (nSPS) is 16.3. The molecule has 19 heavy (non-hydrogen) atoms. The molecule has 0 fully saturated rings. The van der Waals surface area contributed by atoms with E-state index in [1.165, 1.54) is 30.9 Å². The van der Waals surface area contributed by atoms with Crippen LogP contribution in [0.15, 0.2) is 29.8 Å². The van der Waals surface area contributed by atoms with Crippen LogP contribution in [0.5, 0.6) is 5.75 Å². The van der Waals surface area contributed by atoms with E-state index in [2.05, 4.69) is 11.4 Å².